The number of furan rings is 1. The third-order valence-electron chi connectivity index (χ3n) is 2.69. The van der Waals surface area contributed by atoms with Crippen molar-refractivity contribution in [1.29, 1.82) is 0 Å². The fraction of sp³-hybridized carbons (Fsp3) is 0.167. The summed E-state index contributed by atoms with van der Waals surface area (Å²) >= 11 is 9.26. The number of halogens is 3. The molecule has 2 aromatic rings. The van der Waals surface area contributed by atoms with Gasteiger partial charge in [-0.2, -0.15) is 0 Å². The van der Waals surface area contributed by atoms with Gasteiger partial charge in [-0.15, -0.1) is 0 Å². The summed E-state index contributed by atoms with van der Waals surface area (Å²) in [6.45, 7) is 0. The van der Waals surface area contributed by atoms with Crippen LogP contribution in [0.2, 0.25) is 5.02 Å². The summed E-state index contributed by atoms with van der Waals surface area (Å²) < 4.78 is 19.4. The van der Waals surface area contributed by atoms with E-state index in [2.05, 4.69) is 21.4 Å². The molecule has 3 nitrogen and oxygen atoms in total. The van der Waals surface area contributed by atoms with Gasteiger partial charge in [-0.3, -0.25) is 11.3 Å². The Hall–Kier alpha value is -0.880. The summed E-state index contributed by atoms with van der Waals surface area (Å²) in [5.74, 6) is 5.16. The molecule has 1 unspecified atom stereocenters. The Balaban J connectivity index is 2.29. The lowest BCUT2D eigenvalue weighted by Gasteiger charge is -2.16. The quantitative estimate of drug-likeness (QED) is 0.664. The monoisotopic (exact) mass is 332 g/mol. The molecule has 1 aromatic heterocycles. The fourth-order valence-corrected chi connectivity index (χ4v) is 2.50. The Morgan fingerprint density at radius 1 is 1.44 bits per heavy atom. The van der Waals surface area contributed by atoms with E-state index >= 15 is 0 Å². The van der Waals surface area contributed by atoms with E-state index < -0.39 is 0 Å². The number of rotatable bonds is 4. The predicted octanol–water partition coefficient (Wildman–Crippen LogP) is 3.58. The molecule has 0 aliphatic heterocycles. The maximum Gasteiger partial charge on any atom is 0.173 e. The summed E-state index contributed by atoms with van der Waals surface area (Å²) in [6.07, 6.45) is 1.87. The molecule has 0 amide bonds. The second kappa shape index (κ2) is 5.84. The Kier molecular flexibility index (Phi) is 4.40. The number of nitrogens with two attached hydrogens (primary N) is 1. The zero-order valence-corrected chi connectivity index (χ0v) is 11.6. The largest absolute Gasteiger partial charge is 0.457 e. The van der Waals surface area contributed by atoms with E-state index in [9.17, 15) is 4.39 Å². The Bertz CT molecular complexity index is 526. The first-order valence-corrected chi connectivity index (χ1v) is 6.42. The van der Waals surface area contributed by atoms with Crippen molar-refractivity contribution in [2.45, 2.75) is 12.5 Å². The minimum atomic E-state index is -0.345. The normalized spacial score (nSPS) is 12.7. The van der Waals surface area contributed by atoms with Crippen molar-refractivity contribution in [1.82, 2.24) is 5.43 Å². The summed E-state index contributed by atoms with van der Waals surface area (Å²) in [5.41, 5.74) is 3.88. The highest BCUT2D eigenvalue weighted by Gasteiger charge is 2.19. The van der Waals surface area contributed by atoms with Crippen LogP contribution in [0.3, 0.4) is 0 Å². The third kappa shape index (κ3) is 2.75. The van der Waals surface area contributed by atoms with E-state index in [1.165, 1.54) is 12.3 Å². The van der Waals surface area contributed by atoms with Crippen LogP contribution in [0.4, 0.5) is 4.39 Å². The van der Waals surface area contributed by atoms with Crippen LogP contribution in [0, 0.1) is 5.82 Å². The Morgan fingerprint density at radius 2 is 2.22 bits per heavy atom. The second-order valence-corrected chi connectivity index (χ2v) is 4.90. The van der Waals surface area contributed by atoms with Crippen molar-refractivity contribution < 1.29 is 8.81 Å². The van der Waals surface area contributed by atoms with Gasteiger partial charge in [-0.25, -0.2) is 4.39 Å². The molecule has 0 bridgehead atoms. The molecular weight excluding hydrogens is 322 g/mol. The molecule has 0 saturated heterocycles. The van der Waals surface area contributed by atoms with Gasteiger partial charge >= 0.3 is 0 Å². The molecule has 1 atom stereocenters. The van der Waals surface area contributed by atoms with Gasteiger partial charge < -0.3 is 4.42 Å². The van der Waals surface area contributed by atoms with Crippen LogP contribution in [0.15, 0.2) is 39.6 Å². The van der Waals surface area contributed by atoms with Gasteiger partial charge in [0.1, 0.15) is 5.82 Å². The molecule has 0 radical (unpaired) electrons. The lowest BCUT2D eigenvalue weighted by atomic mass is 10.0. The summed E-state index contributed by atoms with van der Waals surface area (Å²) in [5, 5.41) is 0.384. The summed E-state index contributed by atoms with van der Waals surface area (Å²) in [6, 6.07) is 6.08. The molecule has 96 valence electrons. The van der Waals surface area contributed by atoms with Gasteiger partial charge in [-0.05, 0) is 40.5 Å². The zero-order valence-electron chi connectivity index (χ0n) is 9.29. The number of benzene rings is 1. The molecule has 0 aliphatic carbocycles. The van der Waals surface area contributed by atoms with Gasteiger partial charge in [0, 0.05) is 16.1 Å². The molecular formula is C12H11BrClFN2O. The van der Waals surface area contributed by atoms with Crippen molar-refractivity contribution in [3.05, 3.63) is 57.2 Å². The highest BCUT2D eigenvalue weighted by atomic mass is 79.9. The molecule has 0 aliphatic rings. The molecule has 0 spiro atoms. The first kappa shape index (κ1) is 13.5. The molecule has 6 heteroatoms. The lowest BCUT2D eigenvalue weighted by Crippen LogP contribution is -2.29. The highest BCUT2D eigenvalue weighted by molar-refractivity contribution is 9.10. The van der Waals surface area contributed by atoms with E-state index in [-0.39, 0.29) is 11.9 Å². The first-order valence-electron chi connectivity index (χ1n) is 5.25. The van der Waals surface area contributed by atoms with Crippen LogP contribution in [-0.4, -0.2) is 0 Å². The van der Waals surface area contributed by atoms with E-state index in [0.717, 1.165) is 5.56 Å². The number of hydrogen-bond acceptors (Lipinski definition) is 3. The molecule has 3 N–H and O–H groups in total. The van der Waals surface area contributed by atoms with Crippen molar-refractivity contribution in [2.24, 2.45) is 5.84 Å². The van der Waals surface area contributed by atoms with Crippen LogP contribution in [0.5, 0.6) is 0 Å². The van der Waals surface area contributed by atoms with Gasteiger partial charge in [0.15, 0.2) is 4.67 Å². The maximum atomic E-state index is 13.7. The fourth-order valence-electron chi connectivity index (χ4n) is 1.74. The molecule has 1 heterocycles. The molecule has 1 aromatic carbocycles. The van der Waals surface area contributed by atoms with Gasteiger partial charge in [-0.1, -0.05) is 17.7 Å². The maximum absolute atomic E-state index is 13.7. The first-order chi connectivity index (χ1) is 8.63. The lowest BCUT2D eigenvalue weighted by molar-refractivity contribution is 0.499. The van der Waals surface area contributed by atoms with Crippen LogP contribution in [0.25, 0.3) is 0 Å². The van der Waals surface area contributed by atoms with Crippen molar-refractivity contribution >= 4 is 27.5 Å². The third-order valence-corrected chi connectivity index (χ3v) is 3.69. The number of nitrogens with one attached hydrogen (secondary N) is 1. The Labute approximate surface area is 117 Å². The average molecular weight is 334 g/mol. The van der Waals surface area contributed by atoms with Crippen LogP contribution < -0.4 is 11.3 Å². The molecule has 0 saturated carbocycles. The molecule has 18 heavy (non-hydrogen) atoms. The Morgan fingerprint density at radius 3 is 2.78 bits per heavy atom. The van der Waals surface area contributed by atoms with Gasteiger partial charge in [0.2, 0.25) is 0 Å². The standard InChI is InChI=1S/C12H11BrClFN2O/c13-12-7(4-5-18-12)11(17-16)6-8-9(14)2-1-3-10(8)15/h1-5,11,17H,6,16H2. The minimum Gasteiger partial charge on any atom is -0.457 e. The zero-order chi connectivity index (χ0) is 13.1. The van der Waals surface area contributed by atoms with E-state index in [4.69, 9.17) is 21.9 Å². The van der Waals surface area contributed by atoms with E-state index in [0.29, 0.717) is 21.7 Å². The van der Waals surface area contributed by atoms with Crippen molar-refractivity contribution in [3.8, 4) is 0 Å². The average Bonchev–Trinajstić information content (AvgIpc) is 2.76. The number of hydrazine groups is 1. The summed E-state index contributed by atoms with van der Waals surface area (Å²) in [4.78, 5) is 0. The van der Waals surface area contributed by atoms with Crippen LogP contribution in [0.1, 0.15) is 17.2 Å². The smallest absolute Gasteiger partial charge is 0.173 e. The van der Waals surface area contributed by atoms with Crippen molar-refractivity contribution in [2.75, 3.05) is 0 Å². The topological polar surface area (TPSA) is 51.2 Å². The van der Waals surface area contributed by atoms with Crippen LogP contribution >= 0.6 is 27.5 Å². The van der Waals surface area contributed by atoms with Crippen LogP contribution in [-0.2, 0) is 6.42 Å². The minimum absolute atomic E-state index is 0.285. The predicted molar refractivity (Wildman–Crippen MR) is 71.6 cm³/mol. The molecule has 0 fully saturated rings. The van der Waals surface area contributed by atoms with E-state index in [1.54, 1.807) is 18.2 Å². The van der Waals surface area contributed by atoms with E-state index in [1.807, 2.05) is 0 Å². The highest BCUT2D eigenvalue weighted by Crippen LogP contribution is 2.29. The van der Waals surface area contributed by atoms with Gasteiger partial charge in [0.25, 0.3) is 0 Å². The second-order valence-electron chi connectivity index (χ2n) is 3.77. The number of hydrogen-bond donors (Lipinski definition) is 2. The van der Waals surface area contributed by atoms with Crippen molar-refractivity contribution in [3.63, 3.8) is 0 Å². The van der Waals surface area contributed by atoms with Gasteiger partial charge in [0.05, 0.1) is 12.3 Å². The SMILES string of the molecule is NNC(Cc1c(F)cccc1Cl)c1ccoc1Br. The molecule has 2 rings (SSSR count). The summed E-state index contributed by atoms with van der Waals surface area (Å²) in [7, 11) is 0.